The first-order valence-electron chi connectivity index (χ1n) is 9.05. The quantitative estimate of drug-likeness (QED) is 0.390. The minimum atomic E-state index is -4.09. The minimum absolute atomic E-state index is 0.0337. The van der Waals surface area contributed by atoms with Gasteiger partial charge in [0, 0.05) is 0 Å². The van der Waals surface area contributed by atoms with Gasteiger partial charge in [-0.1, -0.05) is 23.9 Å². The number of nitrogens with one attached hydrogen (secondary N) is 2. The predicted molar refractivity (Wildman–Crippen MR) is 114 cm³/mol. The summed E-state index contributed by atoms with van der Waals surface area (Å²) >= 11 is 0.878. The second-order valence-corrected chi connectivity index (χ2v) is 8.99. The molecule has 0 saturated carbocycles. The van der Waals surface area contributed by atoms with Gasteiger partial charge in [-0.2, -0.15) is 0 Å². The van der Waals surface area contributed by atoms with Crippen molar-refractivity contribution in [2.24, 2.45) is 0 Å². The highest BCUT2D eigenvalue weighted by atomic mass is 32.2. The molecule has 1 amide bonds. The normalized spacial score (nSPS) is 11.2. The fourth-order valence-electron chi connectivity index (χ4n) is 2.52. The van der Waals surface area contributed by atoms with Crippen molar-refractivity contribution in [2.75, 3.05) is 17.7 Å². The van der Waals surface area contributed by atoms with Gasteiger partial charge < -0.3 is 15.0 Å². The molecular formula is C20H18FN3O5S2. The van der Waals surface area contributed by atoms with E-state index in [1.54, 1.807) is 13.0 Å². The number of anilines is 1. The minimum Gasteiger partial charge on any atom is -0.494 e. The van der Waals surface area contributed by atoms with E-state index in [9.17, 15) is 22.4 Å². The highest BCUT2D eigenvalue weighted by molar-refractivity contribution is 7.99. The maximum Gasteiger partial charge on any atom is 0.270 e. The summed E-state index contributed by atoms with van der Waals surface area (Å²) in [5.74, 6) is -0.739. The summed E-state index contributed by atoms with van der Waals surface area (Å²) in [6, 6.07) is 11.4. The number of thioether (sulfide) groups is 1. The van der Waals surface area contributed by atoms with Crippen LogP contribution in [0.3, 0.4) is 0 Å². The van der Waals surface area contributed by atoms with Crippen LogP contribution in [0.2, 0.25) is 0 Å². The molecule has 11 heteroatoms. The number of rotatable bonds is 8. The molecule has 0 saturated heterocycles. The smallest absolute Gasteiger partial charge is 0.270 e. The Morgan fingerprint density at radius 2 is 1.90 bits per heavy atom. The van der Waals surface area contributed by atoms with Crippen LogP contribution in [0.25, 0.3) is 0 Å². The monoisotopic (exact) mass is 463 g/mol. The number of hydrogen-bond acceptors (Lipinski definition) is 7. The van der Waals surface area contributed by atoms with Gasteiger partial charge in [-0.25, -0.2) is 17.8 Å². The molecular weight excluding hydrogens is 445 g/mol. The zero-order valence-electron chi connectivity index (χ0n) is 16.3. The zero-order valence-corrected chi connectivity index (χ0v) is 17.9. The van der Waals surface area contributed by atoms with Crippen LogP contribution in [0.1, 0.15) is 6.92 Å². The van der Waals surface area contributed by atoms with E-state index in [1.165, 1.54) is 42.5 Å². The summed E-state index contributed by atoms with van der Waals surface area (Å²) in [5.41, 5.74) is -0.827. The van der Waals surface area contributed by atoms with E-state index < -0.39 is 32.0 Å². The number of hydrogen-bond donors (Lipinski definition) is 2. The highest BCUT2D eigenvalue weighted by Gasteiger charge is 2.22. The van der Waals surface area contributed by atoms with Crippen molar-refractivity contribution in [3.8, 4) is 5.75 Å². The third-order valence-electron chi connectivity index (χ3n) is 3.97. The van der Waals surface area contributed by atoms with Crippen molar-refractivity contribution in [2.45, 2.75) is 21.9 Å². The molecule has 0 radical (unpaired) electrons. The molecule has 0 aliphatic rings. The summed E-state index contributed by atoms with van der Waals surface area (Å²) in [6.07, 6.45) is 0.946. The maximum absolute atomic E-state index is 13.6. The average Bonchev–Trinajstić information content (AvgIpc) is 2.74. The van der Waals surface area contributed by atoms with Crippen LogP contribution < -0.4 is 15.6 Å². The van der Waals surface area contributed by atoms with Crippen molar-refractivity contribution < 1.29 is 22.3 Å². The van der Waals surface area contributed by atoms with E-state index in [1.807, 2.05) is 0 Å². The Morgan fingerprint density at radius 1 is 1.19 bits per heavy atom. The maximum atomic E-state index is 13.6. The Hall–Kier alpha value is -3.18. The number of benzene rings is 2. The van der Waals surface area contributed by atoms with Gasteiger partial charge in [0.1, 0.15) is 11.6 Å². The van der Waals surface area contributed by atoms with E-state index in [4.69, 9.17) is 4.74 Å². The summed E-state index contributed by atoms with van der Waals surface area (Å²) in [4.78, 5) is 30.0. The topological polar surface area (TPSA) is 118 Å². The van der Waals surface area contributed by atoms with Gasteiger partial charge in [0.2, 0.25) is 15.7 Å². The van der Waals surface area contributed by atoms with Crippen LogP contribution in [0.4, 0.5) is 10.1 Å². The molecule has 0 unspecified atom stereocenters. The van der Waals surface area contributed by atoms with Crippen molar-refractivity contribution in [3.63, 3.8) is 0 Å². The van der Waals surface area contributed by atoms with E-state index in [2.05, 4.69) is 15.3 Å². The Bertz CT molecular complexity index is 1240. The number of halogens is 1. The van der Waals surface area contributed by atoms with Crippen LogP contribution in [0.5, 0.6) is 5.75 Å². The van der Waals surface area contributed by atoms with Crippen molar-refractivity contribution in [1.29, 1.82) is 0 Å². The SMILES string of the molecule is CCOc1ccc(S(=O)(=O)c2cnc(SCC(=O)Nc3ccccc3F)[nH]c2=O)cc1. The summed E-state index contributed by atoms with van der Waals surface area (Å²) in [6.45, 7) is 2.24. The number of sulfone groups is 1. The molecule has 2 aromatic carbocycles. The molecule has 0 spiro atoms. The van der Waals surface area contributed by atoms with E-state index in [0.717, 1.165) is 18.0 Å². The molecule has 3 aromatic rings. The van der Waals surface area contributed by atoms with Crippen LogP contribution in [-0.4, -0.2) is 36.7 Å². The Kier molecular flexibility index (Phi) is 7.08. The van der Waals surface area contributed by atoms with Gasteiger partial charge in [-0.15, -0.1) is 0 Å². The fraction of sp³-hybridized carbons (Fsp3) is 0.150. The first kappa shape index (κ1) is 22.5. The lowest BCUT2D eigenvalue weighted by Crippen LogP contribution is -2.20. The fourth-order valence-corrected chi connectivity index (χ4v) is 4.39. The molecule has 0 bridgehead atoms. The van der Waals surface area contributed by atoms with Crippen LogP contribution in [-0.2, 0) is 14.6 Å². The number of carbonyl (C=O) groups excluding carboxylic acids is 1. The largest absolute Gasteiger partial charge is 0.494 e. The molecule has 1 aromatic heterocycles. The second kappa shape index (κ2) is 9.75. The van der Waals surface area contributed by atoms with Crippen molar-refractivity contribution in [1.82, 2.24) is 9.97 Å². The number of para-hydroxylation sites is 1. The Balaban J connectivity index is 1.70. The molecule has 0 aliphatic carbocycles. The van der Waals surface area contributed by atoms with E-state index in [-0.39, 0.29) is 21.5 Å². The Labute approximate surface area is 181 Å². The predicted octanol–water partition coefficient (Wildman–Crippen LogP) is 2.87. The lowest BCUT2D eigenvalue weighted by atomic mass is 10.3. The van der Waals surface area contributed by atoms with Gasteiger partial charge >= 0.3 is 0 Å². The molecule has 0 fully saturated rings. The third-order valence-corrected chi connectivity index (χ3v) is 6.62. The molecule has 0 atom stereocenters. The van der Waals surface area contributed by atoms with Gasteiger partial charge in [-0.05, 0) is 43.3 Å². The number of nitrogens with zero attached hydrogens (tertiary/aromatic N) is 1. The average molecular weight is 464 g/mol. The number of amides is 1. The molecule has 8 nitrogen and oxygen atoms in total. The summed E-state index contributed by atoms with van der Waals surface area (Å²) < 4.78 is 44.3. The molecule has 31 heavy (non-hydrogen) atoms. The third kappa shape index (κ3) is 5.50. The van der Waals surface area contributed by atoms with Gasteiger partial charge in [0.25, 0.3) is 5.56 Å². The molecule has 162 valence electrons. The van der Waals surface area contributed by atoms with Crippen molar-refractivity contribution in [3.05, 3.63) is 70.9 Å². The number of H-pyrrole nitrogens is 1. The van der Waals surface area contributed by atoms with Crippen molar-refractivity contribution >= 4 is 33.2 Å². The van der Waals surface area contributed by atoms with Crippen LogP contribution >= 0.6 is 11.8 Å². The highest BCUT2D eigenvalue weighted by Crippen LogP contribution is 2.22. The van der Waals surface area contributed by atoms with Gasteiger partial charge in [-0.3, -0.25) is 9.59 Å². The molecule has 1 heterocycles. The summed E-state index contributed by atoms with van der Waals surface area (Å²) in [5, 5.41) is 2.46. The lowest BCUT2D eigenvalue weighted by molar-refractivity contribution is -0.113. The number of ether oxygens (including phenoxy) is 1. The van der Waals surface area contributed by atoms with E-state index in [0.29, 0.717) is 12.4 Å². The van der Waals surface area contributed by atoms with Gasteiger partial charge in [0.15, 0.2) is 10.1 Å². The first-order chi connectivity index (χ1) is 14.8. The first-order valence-corrected chi connectivity index (χ1v) is 11.5. The lowest BCUT2D eigenvalue weighted by Gasteiger charge is -2.07. The summed E-state index contributed by atoms with van der Waals surface area (Å²) in [7, 11) is -4.09. The molecule has 3 rings (SSSR count). The van der Waals surface area contributed by atoms with E-state index >= 15 is 0 Å². The molecule has 0 aliphatic heterocycles. The Morgan fingerprint density at radius 3 is 2.55 bits per heavy atom. The zero-order chi connectivity index (χ0) is 22.4. The number of aromatic amines is 1. The number of carbonyl (C=O) groups is 1. The van der Waals surface area contributed by atoms with Crippen LogP contribution in [0, 0.1) is 5.82 Å². The number of aromatic nitrogens is 2. The second-order valence-electron chi connectivity index (χ2n) is 6.11. The van der Waals surface area contributed by atoms with Crippen LogP contribution in [0.15, 0.2) is 74.5 Å². The van der Waals surface area contributed by atoms with Gasteiger partial charge in [0.05, 0.1) is 29.1 Å². The standard InChI is InChI=1S/C20H18FN3O5S2/c1-2-29-13-7-9-14(10-8-13)31(27,28)17-11-22-20(24-19(17)26)30-12-18(25)23-16-6-4-3-5-15(16)21/h3-11H,2,12H2,1H3,(H,23,25)(H,22,24,26). The molecule has 2 N–H and O–H groups in total.